The second-order valence-electron chi connectivity index (χ2n) is 6.30. The summed E-state index contributed by atoms with van der Waals surface area (Å²) in [5.41, 5.74) is 2.01. The van der Waals surface area contributed by atoms with Crippen molar-refractivity contribution in [1.29, 1.82) is 0 Å². The van der Waals surface area contributed by atoms with Gasteiger partial charge in [0.25, 0.3) is 0 Å². The molecule has 2 aliphatic rings. The molecule has 0 amide bonds. The van der Waals surface area contributed by atoms with Gasteiger partial charge >= 0.3 is 0 Å². The van der Waals surface area contributed by atoms with Crippen LogP contribution in [0.1, 0.15) is 37.7 Å². The molecule has 1 aliphatic heterocycles. The van der Waals surface area contributed by atoms with Crippen LogP contribution in [0.25, 0.3) is 0 Å². The summed E-state index contributed by atoms with van der Waals surface area (Å²) in [6.45, 7) is 5.99. The molecule has 98 valence electrons. The molecule has 3 rings (SSSR count). The van der Waals surface area contributed by atoms with E-state index in [0.29, 0.717) is 5.41 Å². The normalized spacial score (nSPS) is 30.1. The van der Waals surface area contributed by atoms with Gasteiger partial charge in [0.05, 0.1) is 0 Å². The lowest BCUT2D eigenvalue weighted by Gasteiger charge is -2.34. The van der Waals surface area contributed by atoms with Gasteiger partial charge < -0.3 is 10.6 Å². The van der Waals surface area contributed by atoms with Gasteiger partial charge in [-0.05, 0) is 43.3 Å². The molecule has 0 spiro atoms. The van der Waals surface area contributed by atoms with E-state index in [1.807, 2.05) is 0 Å². The van der Waals surface area contributed by atoms with Crippen molar-refractivity contribution in [3.05, 3.63) is 35.9 Å². The van der Waals surface area contributed by atoms with Crippen molar-refractivity contribution < 1.29 is 0 Å². The Bertz CT molecular complexity index is 381. The van der Waals surface area contributed by atoms with E-state index in [0.717, 1.165) is 12.0 Å². The van der Waals surface area contributed by atoms with Crippen LogP contribution in [0, 0.1) is 5.41 Å². The lowest BCUT2D eigenvalue weighted by molar-refractivity contribution is 0.219. The fourth-order valence-corrected chi connectivity index (χ4v) is 3.07. The highest BCUT2D eigenvalue weighted by Gasteiger charge is 2.39. The van der Waals surface area contributed by atoms with Crippen molar-refractivity contribution in [3.63, 3.8) is 0 Å². The van der Waals surface area contributed by atoms with Gasteiger partial charge in [-0.25, -0.2) is 0 Å². The van der Waals surface area contributed by atoms with Gasteiger partial charge in [0, 0.05) is 18.5 Å². The molecule has 0 bridgehead atoms. The highest BCUT2D eigenvalue weighted by atomic mass is 15.0. The van der Waals surface area contributed by atoms with Crippen molar-refractivity contribution in [2.75, 3.05) is 19.6 Å². The van der Waals surface area contributed by atoms with Crippen LogP contribution in [-0.2, 0) is 0 Å². The minimum Gasteiger partial charge on any atom is -0.317 e. The standard InChI is InChI=1S/C16H24N2/c1-16(7-9-17-10-8-16)12-18-15-11-14(15)13-5-3-2-4-6-13/h2-6,14-15,17-18H,7-12H2,1H3. The summed E-state index contributed by atoms with van der Waals surface area (Å²) >= 11 is 0. The summed E-state index contributed by atoms with van der Waals surface area (Å²) in [6.07, 6.45) is 3.93. The number of nitrogens with one attached hydrogen (secondary N) is 2. The van der Waals surface area contributed by atoms with E-state index in [1.54, 1.807) is 0 Å². The molecule has 18 heavy (non-hydrogen) atoms. The van der Waals surface area contributed by atoms with Crippen molar-refractivity contribution in [2.24, 2.45) is 5.41 Å². The summed E-state index contributed by atoms with van der Waals surface area (Å²) < 4.78 is 0. The zero-order valence-corrected chi connectivity index (χ0v) is 11.3. The number of rotatable bonds is 4. The molecule has 1 aromatic rings. The van der Waals surface area contributed by atoms with E-state index >= 15 is 0 Å². The van der Waals surface area contributed by atoms with Crippen LogP contribution < -0.4 is 10.6 Å². The predicted octanol–water partition coefficient (Wildman–Crippen LogP) is 2.52. The van der Waals surface area contributed by atoms with E-state index in [4.69, 9.17) is 0 Å². The van der Waals surface area contributed by atoms with Gasteiger partial charge in [-0.15, -0.1) is 0 Å². The summed E-state index contributed by atoms with van der Waals surface area (Å²) in [5.74, 6) is 0.761. The third-order valence-electron chi connectivity index (χ3n) is 4.62. The SMILES string of the molecule is CC1(CNC2CC2c2ccccc2)CCNCC1. The molecule has 2 fully saturated rings. The monoisotopic (exact) mass is 244 g/mol. The Kier molecular flexibility index (Phi) is 3.40. The zero-order valence-electron chi connectivity index (χ0n) is 11.3. The van der Waals surface area contributed by atoms with E-state index < -0.39 is 0 Å². The third-order valence-corrected chi connectivity index (χ3v) is 4.62. The van der Waals surface area contributed by atoms with Crippen LogP contribution in [0.4, 0.5) is 0 Å². The zero-order chi connectivity index (χ0) is 12.4. The van der Waals surface area contributed by atoms with E-state index in [-0.39, 0.29) is 0 Å². The highest BCUT2D eigenvalue weighted by Crippen LogP contribution is 2.41. The van der Waals surface area contributed by atoms with E-state index in [1.165, 1.54) is 44.5 Å². The topological polar surface area (TPSA) is 24.1 Å². The Balaban J connectivity index is 1.48. The number of benzene rings is 1. The lowest BCUT2D eigenvalue weighted by Crippen LogP contribution is -2.42. The summed E-state index contributed by atoms with van der Waals surface area (Å²) in [4.78, 5) is 0. The molecule has 2 atom stereocenters. The number of piperidine rings is 1. The first-order valence-electron chi connectivity index (χ1n) is 7.26. The summed E-state index contributed by atoms with van der Waals surface area (Å²) in [7, 11) is 0. The van der Waals surface area contributed by atoms with Gasteiger partial charge in [-0.3, -0.25) is 0 Å². The molecular weight excluding hydrogens is 220 g/mol. The minimum atomic E-state index is 0.509. The second-order valence-corrected chi connectivity index (χ2v) is 6.30. The quantitative estimate of drug-likeness (QED) is 0.850. The molecule has 2 nitrogen and oxygen atoms in total. The first-order chi connectivity index (χ1) is 8.77. The fraction of sp³-hybridized carbons (Fsp3) is 0.625. The van der Waals surface area contributed by atoms with Crippen LogP contribution >= 0.6 is 0 Å². The number of hydrogen-bond acceptors (Lipinski definition) is 2. The Hall–Kier alpha value is -0.860. The molecule has 2 unspecified atom stereocenters. The van der Waals surface area contributed by atoms with Gasteiger partial charge in [0.2, 0.25) is 0 Å². The minimum absolute atomic E-state index is 0.509. The molecule has 0 aromatic heterocycles. The smallest absolute Gasteiger partial charge is 0.0143 e. The van der Waals surface area contributed by atoms with Crippen molar-refractivity contribution in [3.8, 4) is 0 Å². The average Bonchev–Trinajstić information content (AvgIpc) is 3.18. The van der Waals surface area contributed by atoms with Crippen LogP contribution in [0.3, 0.4) is 0 Å². The average molecular weight is 244 g/mol. The largest absolute Gasteiger partial charge is 0.317 e. The predicted molar refractivity (Wildman–Crippen MR) is 75.8 cm³/mol. The molecule has 0 radical (unpaired) electrons. The Morgan fingerprint density at radius 1 is 1.22 bits per heavy atom. The first kappa shape index (κ1) is 12.2. The maximum Gasteiger partial charge on any atom is 0.0143 e. The van der Waals surface area contributed by atoms with Crippen LogP contribution in [0.15, 0.2) is 30.3 Å². The van der Waals surface area contributed by atoms with Crippen molar-refractivity contribution >= 4 is 0 Å². The molecule has 1 aromatic carbocycles. The van der Waals surface area contributed by atoms with Crippen LogP contribution in [-0.4, -0.2) is 25.7 Å². The van der Waals surface area contributed by atoms with Crippen LogP contribution in [0.2, 0.25) is 0 Å². The molecule has 1 aliphatic carbocycles. The molecule has 2 N–H and O–H groups in total. The third kappa shape index (κ3) is 2.76. The lowest BCUT2D eigenvalue weighted by atomic mass is 9.81. The summed E-state index contributed by atoms with van der Waals surface area (Å²) in [6, 6.07) is 11.7. The molecule has 1 saturated heterocycles. The van der Waals surface area contributed by atoms with Gasteiger partial charge in [-0.1, -0.05) is 37.3 Å². The van der Waals surface area contributed by atoms with Gasteiger partial charge in [0.15, 0.2) is 0 Å². The Labute approximate surface area is 110 Å². The number of hydrogen-bond donors (Lipinski definition) is 2. The van der Waals surface area contributed by atoms with Gasteiger partial charge in [-0.2, -0.15) is 0 Å². The Morgan fingerprint density at radius 2 is 1.94 bits per heavy atom. The molecule has 2 heteroatoms. The Morgan fingerprint density at radius 3 is 2.67 bits per heavy atom. The van der Waals surface area contributed by atoms with Crippen molar-refractivity contribution in [2.45, 2.75) is 38.1 Å². The maximum atomic E-state index is 3.79. The molecule has 1 saturated carbocycles. The molecule has 1 heterocycles. The summed E-state index contributed by atoms with van der Waals surface area (Å²) in [5, 5.41) is 7.24. The fourth-order valence-electron chi connectivity index (χ4n) is 3.07. The molecular formula is C16H24N2. The first-order valence-corrected chi connectivity index (χ1v) is 7.26. The van der Waals surface area contributed by atoms with Gasteiger partial charge in [0.1, 0.15) is 0 Å². The van der Waals surface area contributed by atoms with Crippen molar-refractivity contribution in [1.82, 2.24) is 10.6 Å². The highest BCUT2D eigenvalue weighted by molar-refractivity contribution is 5.27. The maximum absolute atomic E-state index is 3.79. The van der Waals surface area contributed by atoms with E-state index in [9.17, 15) is 0 Å². The van der Waals surface area contributed by atoms with E-state index in [2.05, 4.69) is 47.9 Å². The second kappa shape index (κ2) is 5.02. The van der Waals surface area contributed by atoms with Crippen LogP contribution in [0.5, 0.6) is 0 Å².